The average molecular weight is 248 g/mol. The van der Waals surface area contributed by atoms with Gasteiger partial charge in [-0.15, -0.1) is 0 Å². The van der Waals surface area contributed by atoms with Crippen LogP contribution < -0.4 is 15.8 Å². The number of rotatable bonds is 4. The van der Waals surface area contributed by atoms with E-state index in [1.54, 1.807) is 12.4 Å². The Kier molecular flexibility index (Phi) is 3.32. The molecule has 2 fully saturated rings. The van der Waals surface area contributed by atoms with E-state index in [4.69, 9.17) is 0 Å². The molecule has 0 amide bonds. The maximum absolute atomic E-state index is 11.9. The smallest absolute Gasteiger partial charge is 0.290 e. The van der Waals surface area contributed by atoms with E-state index in [0.717, 1.165) is 19.6 Å². The zero-order valence-electron chi connectivity index (χ0n) is 10.6. The summed E-state index contributed by atoms with van der Waals surface area (Å²) in [5.41, 5.74) is -0.0619. The van der Waals surface area contributed by atoms with Gasteiger partial charge >= 0.3 is 0 Å². The van der Waals surface area contributed by atoms with Crippen molar-refractivity contribution >= 4 is 5.82 Å². The Morgan fingerprint density at radius 2 is 2.28 bits per heavy atom. The zero-order valence-corrected chi connectivity index (χ0v) is 10.6. The first-order valence-corrected chi connectivity index (χ1v) is 6.85. The summed E-state index contributed by atoms with van der Waals surface area (Å²) in [4.78, 5) is 21.1. The molecule has 0 bridgehead atoms. The largest absolute Gasteiger partial charge is 0.349 e. The van der Waals surface area contributed by atoms with Crippen molar-refractivity contribution in [2.24, 2.45) is 5.92 Å². The Morgan fingerprint density at radius 1 is 1.39 bits per heavy atom. The first-order chi connectivity index (χ1) is 8.84. The second-order valence-corrected chi connectivity index (χ2v) is 5.34. The number of anilines is 1. The van der Waals surface area contributed by atoms with E-state index in [2.05, 4.69) is 20.2 Å². The van der Waals surface area contributed by atoms with Gasteiger partial charge in [-0.05, 0) is 44.7 Å². The molecule has 2 aliphatic rings. The van der Waals surface area contributed by atoms with Crippen molar-refractivity contribution in [3.63, 3.8) is 0 Å². The van der Waals surface area contributed by atoms with Gasteiger partial charge in [-0.2, -0.15) is 0 Å². The van der Waals surface area contributed by atoms with Gasteiger partial charge < -0.3 is 15.2 Å². The molecule has 1 atom stereocenters. The van der Waals surface area contributed by atoms with Crippen LogP contribution in [0.3, 0.4) is 0 Å². The lowest BCUT2D eigenvalue weighted by Crippen LogP contribution is -2.41. The number of aromatic amines is 1. The average Bonchev–Trinajstić information content (AvgIpc) is 3.23. The van der Waals surface area contributed by atoms with E-state index in [9.17, 15) is 4.79 Å². The van der Waals surface area contributed by atoms with Crippen LogP contribution in [-0.2, 0) is 0 Å². The summed E-state index contributed by atoms with van der Waals surface area (Å²) in [7, 11) is 0. The molecule has 0 radical (unpaired) electrons. The molecule has 98 valence electrons. The van der Waals surface area contributed by atoms with Crippen LogP contribution in [0, 0.1) is 5.92 Å². The molecule has 1 aromatic heterocycles. The van der Waals surface area contributed by atoms with Crippen LogP contribution in [0.4, 0.5) is 5.82 Å². The van der Waals surface area contributed by atoms with Gasteiger partial charge in [-0.1, -0.05) is 0 Å². The third kappa shape index (κ3) is 2.56. The van der Waals surface area contributed by atoms with Crippen LogP contribution in [-0.4, -0.2) is 35.6 Å². The number of nitrogens with one attached hydrogen (secondary N) is 2. The molecule has 1 saturated carbocycles. The highest BCUT2D eigenvalue weighted by atomic mass is 16.1. The minimum absolute atomic E-state index is 0.0619. The Labute approximate surface area is 107 Å². The van der Waals surface area contributed by atoms with Crippen molar-refractivity contribution in [2.75, 3.05) is 24.5 Å². The first-order valence-electron chi connectivity index (χ1n) is 6.85. The molecule has 2 heterocycles. The fourth-order valence-corrected chi connectivity index (χ4v) is 2.70. The van der Waals surface area contributed by atoms with Gasteiger partial charge in [0.05, 0.1) is 0 Å². The highest BCUT2D eigenvalue weighted by Gasteiger charge is 2.33. The number of piperidine rings is 1. The first kappa shape index (κ1) is 11.7. The minimum atomic E-state index is -0.0619. The van der Waals surface area contributed by atoms with Crippen LogP contribution in [0.5, 0.6) is 0 Å². The zero-order chi connectivity index (χ0) is 12.4. The highest BCUT2D eigenvalue weighted by Crippen LogP contribution is 2.30. The van der Waals surface area contributed by atoms with E-state index < -0.39 is 0 Å². The normalized spacial score (nSPS) is 23.9. The van der Waals surface area contributed by atoms with E-state index in [0.29, 0.717) is 17.8 Å². The van der Waals surface area contributed by atoms with Gasteiger partial charge in [-0.25, -0.2) is 4.98 Å². The van der Waals surface area contributed by atoms with Gasteiger partial charge in [0.1, 0.15) is 0 Å². The predicted molar refractivity (Wildman–Crippen MR) is 70.8 cm³/mol. The number of aromatic nitrogens is 2. The van der Waals surface area contributed by atoms with Gasteiger partial charge in [0.25, 0.3) is 5.56 Å². The number of hydrogen-bond acceptors (Lipinski definition) is 4. The van der Waals surface area contributed by atoms with Crippen molar-refractivity contribution < 1.29 is 0 Å². The second-order valence-electron chi connectivity index (χ2n) is 5.34. The molecule has 0 spiro atoms. The van der Waals surface area contributed by atoms with Crippen LogP contribution in [0.2, 0.25) is 0 Å². The van der Waals surface area contributed by atoms with Crippen molar-refractivity contribution in [3.8, 4) is 0 Å². The summed E-state index contributed by atoms with van der Waals surface area (Å²) in [6, 6.07) is 0.530. The van der Waals surface area contributed by atoms with Gasteiger partial charge in [0, 0.05) is 25.0 Å². The fourth-order valence-electron chi connectivity index (χ4n) is 2.70. The molecule has 18 heavy (non-hydrogen) atoms. The van der Waals surface area contributed by atoms with Gasteiger partial charge in [0.2, 0.25) is 0 Å². The van der Waals surface area contributed by atoms with Crippen molar-refractivity contribution in [1.29, 1.82) is 0 Å². The van der Waals surface area contributed by atoms with Crippen molar-refractivity contribution in [1.82, 2.24) is 15.3 Å². The lowest BCUT2D eigenvalue weighted by atomic mass is 9.99. The van der Waals surface area contributed by atoms with E-state index in [1.807, 2.05) is 0 Å². The molecule has 5 heteroatoms. The summed E-state index contributed by atoms with van der Waals surface area (Å²) < 4.78 is 0. The maximum atomic E-state index is 11.9. The SMILES string of the molecule is O=c1[nH]ccnc1N(CC1CCCNC1)C1CC1. The van der Waals surface area contributed by atoms with Crippen molar-refractivity contribution in [3.05, 3.63) is 22.7 Å². The van der Waals surface area contributed by atoms with E-state index in [-0.39, 0.29) is 5.56 Å². The minimum Gasteiger partial charge on any atom is -0.349 e. The molecule has 1 aromatic rings. The Bertz CT molecular complexity index is 448. The molecule has 3 rings (SSSR count). The monoisotopic (exact) mass is 248 g/mol. The second kappa shape index (κ2) is 5.10. The van der Waals surface area contributed by atoms with Crippen LogP contribution >= 0.6 is 0 Å². The molecule has 5 nitrogen and oxygen atoms in total. The quantitative estimate of drug-likeness (QED) is 0.825. The topological polar surface area (TPSA) is 61.0 Å². The van der Waals surface area contributed by atoms with Gasteiger partial charge in [-0.3, -0.25) is 4.79 Å². The summed E-state index contributed by atoms with van der Waals surface area (Å²) in [6.07, 6.45) is 8.14. The van der Waals surface area contributed by atoms with Crippen molar-refractivity contribution in [2.45, 2.75) is 31.7 Å². The third-order valence-corrected chi connectivity index (χ3v) is 3.80. The highest BCUT2D eigenvalue weighted by molar-refractivity contribution is 5.38. The fraction of sp³-hybridized carbons (Fsp3) is 0.692. The molecule has 1 saturated heterocycles. The molecule has 1 aliphatic heterocycles. The van der Waals surface area contributed by atoms with Crippen LogP contribution in [0.25, 0.3) is 0 Å². The third-order valence-electron chi connectivity index (χ3n) is 3.80. The molecular formula is C13H20N4O. The Hall–Kier alpha value is -1.36. The van der Waals surface area contributed by atoms with Crippen LogP contribution in [0.15, 0.2) is 17.2 Å². The molecule has 0 aromatic carbocycles. The van der Waals surface area contributed by atoms with E-state index in [1.165, 1.54) is 25.7 Å². The predicted octanol–water partition coefficient (Wildman–Crippen LogP) is 0.738. The van der Waals surface area contributed by atoms with Crippen LogP contribution in [0.1, 0.15) is 25.7 Å². The van der Waals surface area contributed by atoms with Gasteiger partial charge in [0.15, 0.2) is 5.82 Å². The standard InChI is InChI=1S/C13H20N4O/c18-13-12(15-6-7-16-13)17(11-3-4-11)9-10-2-1-5-14-8-10/h6-7,10-11,14H,1-5,8-9H2,(H,16,18). The Morgan fingerprint density at radius 3 is 2.94 bits per heavy atom. The maximum Gasteiger partial charge on any atom is 0.290 e. The summed E-state index contributed by atoms with van der Waals surface area (Å²) in [5.74, 6) is 1.24. The lowest BCUT2D eigenvalue weighted by Gasteiger charge is -2.30. The summed E-state index contributed by atoms with van der Waals surface area (Å²) in [6.45, 7) is 3.15. The van der Waals surface area contributed by atoms with E-state index >= 15 is 0 Å². The Balaban J connectivity index is 1.76. The summed E-state index contributed by atoms with van der Waals surface area (Å²) >= 11 is 0. The number of nitrogens with zero attached hydrogens (tertiary/aromatic N) is 2. The summed E-state index contributed by atoms with van der Waals surface area (Å²) in [5, 5.41) is 3.43. The molecule has 1 unspecified atom stereocenters. The molecule has 1 aliphatic carbocycles. The number of H-pyrrole nitrogens is 1. The molecule has 2 N–H and O–H groups in total. The number of hydrogen-bond donors (Lipinski definition) is 2. The lowest BCUT2D eigenvalue weighted by molar-refractivity contribution is 0.375. The molecular weight excluding hydrogens is 228 g/mol.